The van der Waals surface area contributed by atoms with E-state index in [-0.39, 0.29) is 5.91 Å². The number of carboxylic acid groups (broad SMARTS) is 1. The minimum atomic E-state index is -1.09. The molecule has 1 aromatic heterocycles. The molecule has 1 saturated heterocycles. The molecule has 1 fully saturated rings. The van der Waals surface area contributed by atoms with Crippen LogP contribution in [0, 0.1) is 5.41 Å². The van der Waals surface area contributed by atoms with E-state index in [1.807, 2.05) is 6.92 Å². The predicted octanol–water partition coefficient (Wildman–Crippen LogP) is -0.338. The molecule has 2 unspecified atom stereocenters. The van der Waals surface area contributed by atoms with Gasteiger partial charge in [-0.15, -0.1) is 0 Å². The van der Waals surface area contributed by atoms with Crippen LogP contribution in [-0.4, -0.2) is 39.9 Å². The lowest BCUT2D eigenvalue weighted by molar-refractivity contribution is -0.143. The topological polar surface area (TPSA) is 96.2 Å². The van der Waals surface area contributed by atoms with Crippen molar-refractivity contribution in [3.05, 3.63) is 18.0 Å². The fourth-order valence-corrected chi connectivity index (χ4v) is 2.19. The van der Waals surface area contributed by atoms with Gasteiger partial charge in [-0.25, -0.2) is 4.79 Å². The number of hydrogen-bond acceptors (Lipinski definition) is 4. The van der Waals surface area contributed by atoms with Crippen molar-refractivity contribution >= 4 is 11.9 Å². The van der Waals surface area contributed by atoms with Gasteiger partial charge in [0, 0.05) is 25.4 Å². The number of rotatable bonds is 4. The Morgan fingerprint density at radius 1 is 1.63 bits per heavy atom. The molecule has 1 amide bonds. The summed E-state index contributed by atoms with van der Waals surface area (Å²) in [7, 11) is 1.70. The van der Waals surface area contributed by atoms with Gasteiger partial charge in [0.25, 0.3) is 0 Å². The average molecular weight is 266 g/mol. The molecular weight excluding hydrogens is 248 g/mol. The minimum absolute atomic E-state index is 0.242. The van der Waals surface area contributed by atoms with Crippen LogP contribution in [0.15, 0.2) is 12.4 Å². The smallest absolute Gasteiger partial charge is 0.331 e. The van der Waals surface area contributed by atoms with Crippen LogP contribution in [0.3, 0.4) is 0 Å². The zero-order valence-electron chi connectivity index (χ0n) is 11.0. The van der Waals surface area contributed by atoms with E-state index in [0.717, 1.165) is 6.54 Å². The molecular formula is C12H18N4O3. The van der Waals surface area contributed by atoms with E-state index in [9.17, 15) is 14.7 Å². The van der Waals surface area contributed by atoms with Gasteiger partial charge < -0.3 is 15.7 Å². The largest absolute Gasteiger partial charge is 0.479 e. The molecule has 3 N–H and O–H groups in total. The maximum absolute atomic E-state index is 12.2. The van der Waals surface area contributed by atoms with E-state index < -0.39 is 17.4 Å². The number of carbonyl (C=O) groups is 2. The van der Waals surface area contributed by atoms with E-state index >= 15 is 0 Å². The Balaban J connectivity index is 2.13. The number of nitrogens with zero attached hydrogens (tertiary/aromatic N) is 2. The Kier molecular flexibility index (Phi) is 3.57. The molecule has 0 radical (unpaired) electrons. The summed E-state index contributed by atoms with van der Waals surface area (Å²) in [4.78, 5) is 23.5. The lowest BCUT2D eigenvalue weighted by Crippen LogP contribution is -2.44. The van der Waals surface area contributed by atoms with Crippen molar-refractivity contribution < 1.29 is 14.7 Å². The fraction of sp³-hybridized carbons (Fsp3) is 0.583. The van der Waals surface area contributed by atoms with Crippen molar-refractivity contribution in [2.24, 2.45) is 12.5 Å². The van der Waals surface area contributed by atoms with Gasteiger partial charge in [-0.2, -0.15) is 5.10 Å². The number of carbonyl (C=O) groups excluding carboxylic acids is 1. The monoisotopic (exact) mass is 266 g/mol. The standard InChI is InChI=1S/C12H18N4O3/c1-12(3-4-13-7-12)11(19)15-9(10(17)18)8-5-14-16(2)6-8/h5-6,9,13H,3-4,7H2,1-2H3,(H,15,19)(H,17,18). The maximum atomic E-state index is 12.2. The molecule has 0 aliphatic carbocycles. The van der Waals surface area contributed by atoms with Crippen molar-refractivity contribution in [3.8, 4) is 0 Å². The van der Waals surface area contributed by atoms with Crippen molar-refractivity contribution in [2.75, 3.05) is 13.1 Å². The fourth-order valence-electron chi connectivity index (χ4n) is 2.19. The third-order valence-corrected chi connectivity index (χ3v) is 3.50. The quantitative estimate of drug-likeness (QED) is 0.693. The van der Waals surface area contributed by atoms with Crippen molar-refractivity contribution in [1.29, 1.82) is 0 Å². The van der Waals surface area contributed by atoms with Crippen LogP contribution in [0.5, 0.6) is 0 Å². The second kappa shape index (κ2) is 5.00. The summed E-state index contributed by atoms with van der Waals surface area (Å²) in [5.41, 5.74) is -0.0754. The number of aromatic nitrogens is 2. The summed E-state index contributed by atoms with van der Waals surface area (Å²) >= 11 is 0. The summed E-state index contributed by atoms with van der Waals surface area (Å²) < 4.78 is 1.51. The Hall–Kier alpha value is -1.89. The highest BCUT2D eigenvalue weighted by molar-refractivity contribution is 5.88. The zero-order chi connectivity index (χ0) is 14.0. The Morgan fingerprint density at radius 2 is 2.37 bits per heavy atom. The molecule has 2 atom stereocenters. The van der Waals surface area contributed by atoms with E-state index in [1.165, 1.54) is 10.9 Å². The highest BCUT2D eigenvalue weighted by atomic mass is 16.4. The highest BCUT2D eigenvalue weighted by Crippen LogP contribution is 2.26. The van der Waals surface area contributed by atoms with Gasteiger partial charge in [-0.1, -0.05) is 0 Å². The first-order valence-electron chi connectivity index (χ1n) is 6.15. The molecule has 2 rings (SSSR count). The van der Waals surface area contributed by atoms with Crippen LogP contribution < -0.4 is 10.6 Å². The normalized spacial score (nSPS) is 24.1. The molecule has 7 nitrogen and oxygen atoms in total. The van der Waals surface area contributed by atoms with E-state index in [1.54, 1.807) is 13.2 Å². The minimum Gasteiger partial charge on any atom is -0.479 e. The molecule has 1 aromatic rings. The van der Waals surface area contributed by atoms with Crippen LogP contribution in [0.1, 0.15) is 24.9 Å². The van der Waals surface area contributed by atoms with Gasteiger partial charge in [-0.05, 0) is 19.9 Å². The molecule has 1 aliphatic rings. The van der Waals surface area contributed by atoms with E-state index in [2.05, 4.69) is 15.7 Å². The molecule has 7 heteroatoms. The summed E-state index contributed by atoms with van der Waals surface area (Å²) in [5, 5.41) is 18.9. The van der Waals surface area contributed by atoms with Gasteiger partial charge >= 0.3 is 5.97 Å². The van der Waals surface area contributed by atoms with Gasteiger partial charge in [0.05, 0.1) is 11.6 Å². The SMILES string of the molecule is Cn1cc(C(NC(=O)C2(C)CCNC2)C(=O)O)cn1. The van der Waals surface area contributed by atoms with Crippen molar-refractivity contribution in [3.63, 3.8) is 0 Å². The third-order valence-electron chi connectivity index (χ3n) is 3.50. The first kappa shape index (κ1) is 13.5. The lowest BCUT2D eigenvalue weighted by atomic mass is 9.88. The van der Waals surface area contributed by atoms with Gasteiger partial charge in [0.1, 0.15) is 0 Å². The predicted molar refractivity (Wildman–Crippen MR) is 67.3 cm³/mol. The zero-order valence-corrected chi connectivity index (χ0v) is 11.0. The molecule has 19 heavy (non-hydrogen) atoms. The molecule has 0 saturated carbocycles. The van der Waals surface area contributed by atoms with E-state index in [4.69, 9.17) is 0 Å². The molecule has 2 heterocycles. The lowest BCUT2D eigenvalue weighted by Gasteiger charge is -2.24. The number of carboxylic acids is 1. The molecule has 1 aliphatic heterocycles. The number of aryl methyl sites for hydroxylation is 1. The van der Waals surface area contributed by atoms with Crippen LogP contribution in [0.2, 0.25) is 0 Å². The van der Waals surface area contributed by atoms with Crippen molar-refractivity contribution in [1.82, 2.24) is 20.4 Å². The van der Waals surface area contributed by atoms with Gasteiger partial charge in [-0.3, -0.25) is 9.48 Å². The second-order valence-corrected chi connectivity index (χ2v) is 5.18. The Labute approximate surface area is 111 Å². The first-order chi connectivity index (χ1) is 8.92. The number of aliphatic carboxylic acids is 1. The molecule has 0 bridgehead atoms. The average Bonchev–Trinajstić information content (AvgIpc) is 2.95. The number of hydrogen-bond donors (Lipinski definition) is 3. The van der Waals surface area contributed by atoms with Crippen LogP contribution in [0.25, 0.3) is 0 Å². The van der Waals surface area contributed by atoms with Crippen LogP contribution in [-0.2, 0) is 16.6 Å². The summed E-state index contributed by atoms with van der Waals surface area (Å²) in [6.45, 7) is 3.18. The summed E-state index contributed by atoms with van der Waals surface area (Å²) in [6, 6.07) is -1.06. The number of nitrogens with one attached hydrogen (secondary N) is 2. The van der Waals surface area contributed by atoms with Crippen LogP contribution >= 0.6 is 0 Å². The molecule has 0 spiro atoms. The highest BCUT2D eigenvalue weighted by Gasteiger charge is 2.38. The van der Waals surface area contributed by atoms with E-state index in [0.29, 0.717) is 18.5 Å². The van der Waals surface area contributed by atoms with Gasteiger partial charge in [0.15, 0.2) is 6.04 Å². The first-order valence-corrected chi connectivity index (χ1v) is 6.15. The van der Waals surface area contributed by atoms with Gasteiger partial charge in [0.2, 0.25) is 5.91 Å². The summed E-state index contributed by atoms with van der Waals surface area (Å²) in [6.07, 6.45) is 3.75. The third kappa shape index (κ3) is 2.76. The number of amides is 1. The molecule has 0 aromatic carbocycles. The van der Waals surface area contributed by atoms with Crippen molar-refractivity contribution in [2.45, 2.75) is 19.4 Å². The maximum Gasteiger partial charge on any atom is 0.331 e. The second-order valence-electron chi connectivity index (χ2n) is 5.18. The summed E-state index contributed by atoms with van der Waals surface area (Å²) in [5.74, 6) is -1.33. The van der Waals surface area contributed by atoms with Crippen LogP contribution in [0.4, 0.5) is 0 Å². The Bertz CT molecular complexity index is 491. The molecule has 104 valence electrons. The Morgan fingerprint density at radius 3 is 2.84 bits per heavy atom.